The smallest absolute Gasteiger partial charge is 0.143 e. The van der Waals surface area contributed by atoms with Crippen LogP contribution in [0, 0.1) is 20.8 Å². The summed E-state index contributed by atoms with van der Waals surface area (Å²) in [7, 11) is 0. The van der Waals surface area contributed by atoms with Crippen molar-refractivity contribution in [2.75, 3.05) is 5.32 Å². The molecule has 3 nitrogen and oxygen atoms in total. The van der Waals surface area contributed by atoms with Gasteiger partial charge in [-0.3, -0.25) is 0 Å². The minimum Gasteiger partial charge on any atom is -0.339 e. The monoisotopic (exact) mass is 345 g/mol. The number of aryl methyl sites for hydroxylation is 3. The van der Waals surface area contributed by atoms with Crippen molar-refractivity contribution in [2.45, 2.75) is 20.8 Å². The number of nitrogens with one attached hydrogen (secondary N) is 1. The summed E-state index contributed by atoms with van der Waals surface area (Å²) in [6.07, 6.45) is 1.63. The quantitative estimate of drug-likeness (QED) is 0.493. The lowest BCUT2D eigenvalue weighted by Crippen LogP contribution is -1.97. The Hall–Kier alpha value is -2.72. The fourth-order valence-electron chi connectivity index (χ4n) is 2.93. The van der Waals surface area contributed by atoms with Gasteiger partial charge in [-0.1, -0.05) is 36.4 Å². The summed E-state index contributed by atoms with van der Waals surface area (Å²) in [4.78, 5) is 9.98. The molecule has 0 amide bonds. The van der Waals surface area contributed by atoms with E-state index in [9.17, 15) is 0 Å². The Morgan fingerprint density at radius 1 is 0.880 bits per heavy atom. The zero-order chi connectivity index (χ0) is 17.4. The Balaban J connectivity index is 1.87. The molecule has 124 valence electrons. The highest BCUT2D eigenvalue weighted by Crippen LogP contribution is 2.38. The second-order valence-electron chi connectivity index (χ2n) is 6.29. The number of thiophene rings is 1. The first-order valence-electron chi connectivity index (χ1n) is 8.26. The van der Waals surface area contributed by atoms with Crippen LogP contribution in [-0.2, 0) is 0 Å². The van der Waals surface area contributed by atoms with Crippen LogP contribution in [0.2, 0.25) is 0 Å². The van der Waals surface area contributed by atoms with E-state index in [-0.39, 0.29) is 0 Å². The molecule has 0 radical (unpaired) electrons. The Bertz CT molecular complexity index is 1070. The number of anilines is 2. The fourth-order valence-corrected chi connectivity index (χ4v) is 3.85. The largest absolute Gasteiger partial charge is 0.339 e. The average molecular weight is 345 g/mol. The number of nitrogens with zero attached hydrogens (tertiary/aromatic N) is 2. The maximum atomic E-state index is 4.53. The lowest BCUT2D eigenvalue weighted by Gasteiger charge is -2.11. The van der Waals surface area contributed by atoms with Crippen molar-refractivity contribution in [2.24, 2.45) is 0 Å². The van der Waals surface area contributed by atoms with Gasteiger partial charge in [-0.05, 0) is 49.1 Å². The molecule has 1 N–H and O–H groups in total. The van der Waals surface area contributed by atoms with Gasteiger partial charge in [0, 0.05) is 16.6 Å². The molecule has 0 aliphatic heterocycles. The number of hydrogen-bond donors (Lipinski definition) is 1. The molecule has 4 heteroatoms. The summed E-state index contributed by atoms with van der Waals surface area (Å²) >= 11 is 1.66. The third kappa shape index (κ3) is 2.89. The Labute approximate surface area is 151 Å². The highest BCUT2D eigenvalue weighted by Gasteiger charge is 2.14. The van der Waals surface area contributed by atoms with Crippen LogP contribution in [0.15, 0.2) is 54.2 Å². The van der Waals surface area contributed by atoms with Gasteiger partial charge in [0.05, 0.1) is 5.39 Å². The predicted octanol–water partition coefficient (Wildman–Crippen LogP) is 6.03. The lowest BCUT2D eigenvalue weighted by molar-refractivity contribution is 1.23. The standard InChI is InChI=1S/C21H19N3S/c1-13-8-9-16(10-15(13)3)17-11-25-21-19(17)20(22-12-23-21)24-18-7-5-4-6-14(18)2/h4-12H,1-3H3,(H,22,23,24). The molecule has 0 fully saturated rings. The zero-order valence-corrected chi connectivity index (χ0v) is 15.3. The van der Waals surface area contributed by atoms with Crippen LogP contribution >= 0.6 is 11.3 Å². The minimum absolute atomic E-state index is 0.855. The molecule has 4 aromatic rings. The molecule has 2 aromatic heterocycles. The van der Waals surface area contributed by atoms with Crippen LogP contribution in [0.3, 0.4) is 0 Å². The van der Waals surface area contributed by atoms with E-state index >= 15 is 0 Å². The van der Waals surface area contributed by atoms with Crippen LogP contribution in [0.25, 0.3) is 21.3 Å². The van der Waals surface area contributed by atoms with E-state index in [2.05, 4.69) is 71.8 Å². The molecule has 0 atom stereocenters. The van der Waals surface area contributed by atoms with Gasteiger partial charge in [0.1, 0.15) is 17.0 Å². The first kappa shape index (κ1) is 15.8. The summed E-state index contributed by atoms with van der Waals surface area (Å²) in [5.41, 5.74) is 7.24. The second kappa shape index (κ2) is 6.30. The van der Waals surface area contributed by atoms with E-state index in [1.807, 2.05) is 12.1 Å². The molecule has 2 aromatic carbocycles. The number of aromatic nitrogens is 2. The second-order valence-corrected chi connectivity index (χ2v) is 7.15. The summed E-state index contributed by atoms with van der Waals surface area (Å²) in [6, 6.07) is 14.8. The van der Waals surface area contributed by atoms with Crippen LogP contribution in [0.1, 0.15) is 16.7 Å². The van der Waals surface area contributed by atoms with Crippen molar-refractivity contribution in [1.29, 1.82) is 0 Å². The average Bonchev–Trinajstić information content (AvgIpc) is 3.04. The van der Waals surface area contributed by atoms with E-state index in [0.717, 1.165) is 21.7 Å². The molecule has 0 saturated heterocycles. The Morgan fingerprint density at radius 2 is 1.72 bits per heavy atom. The molecule has 2 heterocycles. The SMILES string of the molecule is Cc1ccc(-c2csc3ncnc(Nc4ccccc4C)c23)cc1C. The summed E-state index contributed by atoms with van der Waals surface area (Å²) in [6.45, 7) is 6.38. The van der Waals surface area contributed by atoms with E-state index < -0.39 is 0 Å². The molecule has 25 heavy (non-hydrogen) atoms. The number of para-hydroxylation sites is 1. The molecule has 0 bridgehead atoms. The van der Waals surface area contributed by atoms with Gasteiger partial charge in [0.25, 0.3) is 0 Å². The van der Waals surface area contributed by atoms with Gasteiger partial charge < -0.3 is 5.32 Å². The summed E-state index contributed by atoms with van der Waals surface area (Å²) in [5.74, 6) is 0.855. The topological polar surface area (TPSA) is 37.8 Å². The van der Waals surface area contributed by atoms with Crippen molar-refractivity contribution < 1.29 is 0 Å². The minimum atomic E-state index is 0.855. The molecular weight excluding hydrogens is 326 g/mol. The van der Waals surface area contributed by atoms with Crippen molar-refractivity contribution in [1.82, 2.24) is 9.97 Å². The van der Waals surface area contributed by atoms with Crippen LogP contribution < -0.4 is 5.32 Å². The third-order valence-corrected chi connectivity index (χ3v) is 5.47. The highest BCUT2D eigenvalue weighted by atomic mass is 32.1. The molecule has 0 aliphatic carbocycles. The van der Waals surface area contributed by atoms with Gasteiger partial charge in [0.2, 0.25) is 0 Å². The Morgan fingerprint density at radius 3 is 2.52 bits per heavy atom. The maximum absolute atomic E-state index is 4.53. The van der Waals surface area contributed by atoms with Gasteiger partial charge in [-0.15, -0.1) is 11.3 Å². The van der Waals surface area contributed by atoms with E-state index in [1.165, 1.54) is 27.8 Å². The van der Waals surface area contributed by atoms with Crippen molar-refractivity contribution in [3.05, 3.63) is 70.9 Å². The van der Waals surface area contributed by atoms with Crippen molar-refractivity contribution in [3.63, 3.8) is 0 Å². The van der Waals surface area contributed by atoms with Gasteiger partial charge in [-0.2, -0.15) is 0 Å². The predicted molar refractivity (Wildman–Crippen MR) is 107 cm³/mol. The third-order valence-electron chi connectivity index (χ3n) is 4.59. The number of rotatable bonds is 3. The molecule has 4 rings (SSSR count). The van der Waals surface area contributed by atoms with Crippen LogP contribution in [-0.4, -0.2) is 9.97 Å². The van der Waals surface area contributed by atoms with E-state index in [0.29, 0.717) is 0 Å². The summed E-state index contributed by atoms with van der Waals surface area (Å²) < 4.78 is 0. The van der Waals surface area contributed by atoms with Gasteiger partial charge in [0.15, 0.2) is 0 Å². The molecular formula is C21H19N3S. The number of hydrogen-bond acceptors (Lipinski definition) is 4. The molecule has 0 spiro atoms. The number of fused-ring (bicyclic) bond motifs is 1. The van der Waals surface area contributed by atoms with E-state index in [4.69, 9.17) is 0 Å². The van der Waals surface area contributed by atoms with E-state index in [1.54, 1.807) is 17.7 Å². The first-order valence-corrected chi connectivity index (χ1v) is 9.14. The van der Waals surface area contributed by atoms with Gasteiger partial charge in [-0.25, -0.2) is 9.97 Å². The first-order chi connectivity index (χ1) is 12.1. The molecule has 0 saturated carbocycles. The lowest BCUT2D eigenvalue weighted by atomic mass is 10.0. The fraction of sp³-hybridized carbons (Fsp3) is 0.143. The Kier molecular flexibility index (Phi) is 3.98. The van der Waals surface area contributed by atoms with Crippen molar-refractivity contribution >= 4 is 33.1 Å². The van der Waals surface area contributed by atoms with Crippen LogP contribution in [0.5, 0.6) is 0 Å². The van der Waals surface area contributed by atoms with Gasteiger partial charge >= 0.3 is 0 Å². The normalized spacial score (nSPS) is 11.0. The zero-order valence-electron chi connectivity index (χ0n) is 14.5. The van der Waals surface area contributed by atoms with Crippen molar-refractivity contribution in [3.8, 4) is 11.1 Å². The molecule has 0 aliphatic rings. The van der Waals surface area contributed by atoms with Crippen LogP contribution in [0.4, 0.5) is 11.5 Å². The number of benzene rings is 2. The summed E-state index contributed by atoms with van der Waals surface area (Å²) in [5, 5.41) is 6.75. The maximum Gasteiger partial charge on any atom is 0.143 e. The molecule has 0 unspecified atom stereocenters. The highest BCUT2D eigenvalue weighted by molar-refractivity contribution is 7.17.